The Balaban J connectivity index is 1.97. The van der Waals surface area contributed by atoms with E-state index < -0.39 is 22.0 Å². The molecule has 2 rings (SSSR count). The molecule has 1 N–H and O–H groups in total. The Hall–Kier alpha value is -1.96. The van der Waals surface area contributed by atoms with Crippen LogP contribution in [0.2, 0.25) is 10.0 Å². The van der Waals surface area contributed by atoms with E-state index in [4.69, 9.17) is 27.9 Å². The summed E-state index contributed by atoms with van der Waals surface area (Å²) < 4.78 is 31.3. The van der Waals surface area contributed by atoms with E-state index in [2.05, 4.69) is 26.1 Å². The molecule has 0 unspecified atom stereocenters. The van der Waals surface area contributed by atoms with Gasteiger partial charge in [0, 0.05) is 0 Å². The topological polar surface area (TPSA) is 75.7 Å². The van der Waals surface area contributed by atoms with Gasteiger partial charge in [0.05, 0.1) is 28.5 Å². The van der Waals surface area contributed by atoms with Crippen LogP contribution >= 0.6 is 23.2 Å². The normalized spacial score (nSPS) is 12.9. The van der Waals surface area contributed by atoms with Crippen LogP contribution in [0.1, 0.15) is 33.3 Å². The number of carbonyl (C=O) groups excluding carboxylic acids is 1. The standard InChI is InChI=1S/C22H28Cl2N2O4S/c1-15(26(31(5,28)29)17-8-11-19(23)20(24)14-17)21(27)25-12-13-30-18-9-6-16(7-10-18)22(2,3)4/h6-11,14-15H,12-13H2,1-5H3,(H,25,27)/t15-/m1/s1. The predicted octanol–water partition coefficient (Wildman–Crippen LogP) is 4.64. The van der Waals surface area contributed by atoms with Crippen LogP contribution < -0.4 is 14.4 Å². The van der Waals surface area contributed by atoms with Crippen molar-refractivity contribution in [2.24, 2.45) is 0 Å². The fraction of sp³-hybridized carbons (Fsp3) is 0.409. The minimum absolute atomic E-state index is 0.0580. The second-order valence-electron chi connectivity index (χ2n) is 8.25. The predicted molar refractivity (Wildman–Crippen MR) is 127 cm³/mol. The summed E-state index contributed by atoms with van der Waals surface area (Å²) in [5.41, 5.74) is 1.52. The first-order chi connectivity index (χ1) is 14.3. The average molecular weight is 487 g/mol. The molecule has 9 heteroatoms. The Morgan fingerprint density at radius 3 is 2.23 bits per heavy atom. The maximum Gasteiger partial charge on any atom is 0.243 e. The molecule has 0 aliphatic rings. The highest BCUT2D eigenvalue weighted by atomic mass is 35.5. The molecule has 0 saturated carbocycles. The van der Waals surface area contributed by atoms with Gasteiger partial charge in [0.25, 0.3) is 0 Å². The maximum atomic E-state index is 12.6. The fourth-order valence-corrected chi connectivity index (χ4v) is 4.43. The zero-order chi connectivity index (χ0) is 23.4. The number of hydrogen-bond acceptors (Lipinski definition) is 4. The zero-order valence-corrected chi connectivity index (χ0v) is 20.6. The maximum absolute atomic E-state index is 12.6. The lowest BCUT2D eigenvalue weighted by Gasteiger charge is -2.28. The summed E-state index contributed by atoms with van der Waals surface area (Å²) in [6.45, 7) is 8.39. The third-order valence-electron chi connectivity index (χ3n) is 4.64. The van der Waals surface area contributed by atoms with Crippen molar-refractivity contribution in [1.29, 1.82) is 0 Å². The molecule has 1 atom stereocenters. The van der Waals surface area contributed by atoms with Crippen molar-refractivity contribution in [3.05, 3.63) is 58.1 Å². The van der Waals surface area contributed by atoms with Crippen LogP contribution in [0.25, 0.3) is 0 Å². The Morgan fingerprint density at radius 1 is 1.10 bits per heavy atom. The number of rotatable bonds is 8. The number of amides is 1. The van der Waals surface area contributed by atoms with E-state index in [-0.39, 0.29) is 29.3 Å². The first kappa shape index (κ1) is 25.3. The van der Waals surface area contributed by atoms with Gasteiger partial charge in [-0.15, -0.1) is 0 Å². The van der Waals surface area contributed by atoms with Gasteiger partial charge in [-0.2, -0.15) is 0 Å². The number of benzene rings is 2. The quantitative estimate of drug-likeness (QED) is 0.551. The second kappa shape index (κ2) is 10.1. The molecule has 0 radical (unpaired) electrons. The lowest BCUT2D eigenvalue weighted by molar-refractivity contribution is -0.121. The number of halogens is 2. The van der Waals surface area contributed by atoms with Crippen LogP contribution in [-0.4, -0.2) is 39.8 Å². The molecule has 170 valence electrons. The van der Waals surface area contributed by atoms with Crippen molar-refractivity contribution in [2.45, 2.75) is 39.2 Å². The summed E-state index contributed by atoms with van der Waals surface area (Å²) in [6, 6.07) is 11.2. The van der Waals surface area contributed by atoms with E-state index in [9.17, 15) is 13.2 Å². The van der Waals surface area contributed by atoms with Gasteiger partial charge in [0.15, 0.2) is 0 Å². The van der Waals surface area contributed by atoms with Gasteiger partial charge in [-0.3, -0.25) is 9.10 Å². The molecule has 31 heavy (non-hydrogen) atoms. The third-order valence-corrected chi connectivity index (χ3v) is 6.62. The summed E-state index contributed by atoms with van der Waals surface area (Å²) in [5, 5.41) is 3.20. The van der Waals surface area contributed by atoms with Gasteiger partial charge < -0.3 is 10.1 Å². The van der Waals surface area contributed by atoms with Crippen molar-refractivity contribution >= 4 is 44.8 Å². The van der Waals surface area contributed by atoms with Crippen molar-refractivity contribution in [2.75, 3.05) is 23.7 Å². The molecular weight excluding hydrogens is 459 g/mol. The molecule has 2 aromatic carbocycles. The highest BCUT2D eigenvalue weighted by Crippen LogP contribution is 2.29. The lowest BCUT2D eigenvalue weighted by atomic mass is 9.87. The highest BCUT2D eigenvalue weighted by Gasteiger charge is 2.29. The molecule has 0 bridgehead atoms. The number of sulfonamides is 1. The summed E-state index contributed by atoms with van der Waals surface area (Å²) in [5.74, 6) is 0.243. The monoisotopic (exact) mass is 486 g/mol. The summed E-state index contributed by atoms with van der Waals surface area (Å²) in [6.07, 6.45) is 1.03. The molecule has 1 amide bonds. The van der Waals surface area contributed by atoms with Gasteiger partial charge in [-0.25, -0.2) is 8.42 Å². The number of nitrogens with zero attached hydrogens (tertiary/aromatic N) is 1. The van der Waals surface area contributed by atoms with Crippen molar-refractivity contribution in [3.8, 4) is 5.75 Å². The lowest BCUT2D eigenvalue weighted by Crippen LogP contribution is -2.48. The smallest absolute Gasteiger partial charge is 0.243 e. The average Bonchev–Trinajstić information content (AvgIpc) is 2.66. The largest absolute Gasteiger partial charge is 0.492 e. The van der Waals surface area contributed by atoms with Crippen molar-refractivity contribution in [1.82, 2.24) is 5.32 Å². The van der Waals surface area contributed by atoms with E-state index in [1.54, 1.807) is 0 Å². The van der Waals surface area contributed by atoms with Gasteiger partial charge in [0.2, 0.25) is 15.9 Å². The second-order valence-corrected chi connectivity index (χ2v) is 10.9. The first-order valence-electron chi connectivity index (χ1n) is 9.76. The third kappa shape index (κ3) is 7.02. The minimum Gasteiger partial charge on any atom is -0.492 e. The van der Waals surface area contributed by atoms with Gasteiger partial charge in [-0.1, -0.05) is 56.1 Å². The van der Waals surface area contributed by atoms with Gasteiger partial charge >= 0.3 is 0 Å². The van der Waals surface area contributed by atoms with Crippen LogP contribution in [-0.2, 0) is 20.2 Å². The minimum atomic E-state index is -3.74. The van der Waals surface area contributed by atoms with Crippen LogP contribution in [0.15, 0.2) is 42.5 Å². The van der Waals surface area contributed by atoms with Crippen molar-refractivity contribution < 1.29 is 17.9 Å². The molecule has 0 aromatic heterocycles. The molecule has 0 heterocycles. The molecular formula is C22H28Cl2N2O4S. The number of ether oxygens (including phenoxy) is 1. The van der Waals surface area contributed by atoms with Crippen molar-refractivity contribution in [3.63, 3.8) is 0 Å². The van der Waals surface area contributed by atoms with Crippen LogP contribution in [0.4, 0.5) is 5.69 Å². The molecule has 0 aliphatic heterocycles. The van der Waals surface area contributed by atoms with E-state index in [1.807, 2.05) is 24.3 Å². The first-order valence-corrected chi connectivity index (χ1v) is 12.4. The number of nitrogens with one attached hydrogen (secondary N) is 1. The molecule has 0 saturated heterocycles. The Morgan fingerprint density at radius 2 is 1.71 bits per heavy atom. The number of anilines is 1. The molecule has 0 fully saturated rings. The number of carbonyl (C=O) groups is 1. The van der Waals surface area contributed by atoms with Crippen LogP contribution in [0.3, 0.4) is 0 Å². The van der Waals surface area contributed by atoms with Gasteiger partial charge in [-0.05, 0) is 48.2 Å². The Bertz CT molecular complexity index is 1020. The summed E-state index contributed by atoms with van der Waals surface area (Å²) in [4.78, 5) is 12.6. The van der Waals surface area contributed by atoms with Crippen LogP contribution in [0.5, 0.6) is 5.75 Å². The Labute approximate surface area is 194 Å². The van der Waals surface area contributed by atoms with E-state index in [0.717, 1.165) is 10.6 Å². The van der Waals surface area contributed by atoms with Gasteiger partial charge in [0.1, 0.15) is 18.4 Å². The summed E-state index contributed by atoms with van der Waals surface area (Å²) >= 11 is 11.9. The number of hydrogen-bond donors (Lipinski definition) is 1. The van der Waals surface area contributed by atoms with E-state index >= 15 is 0 Å². The fourth-order valence-electron chi connectivity index (χ4n) is 2.97. The Kier molecular flexibility index (Phi) is 8.25. The van der Waals surface area contributed by atoms with Crippen LogP contribution in [0, 0.1) is 0 Å². The molecule has 6 nitrogen and oxygen atoms in total. The van der Waals surface area contributed by atoms with E-state index in [0.29, 0.717) is 10.8 Å². The van der Waals surface area contributed by atoms with E-state index in [1.165, 1.54) is 30.7 Å². The zero-order valence-electron chi connectivity index (χ0n) is 18.3. The summed E-state index contributed by atoms with van der Waals surface area (Å²) in [7, 11) is -3.74. The highest BCUT2D eigenvalue weighted by molar-refractivity contribution is 7.92. The molecule has 0 spiro atoms. The SMILES string of the molecule is C[C@H](C(=O)NCCOc1ccc(C(C)(C)C)cc1)N(c1ccc(Cl)c(Cl)c1)S(C)(=O)=O. The molecule has 0 aliphatic carbocycles. The molecule has 2 aromatic rings.